The van der Waals surface area contributed by atoms with Crippen molar-refractivity contribution < 1.29 is 0 Å². The van der Waals surface area contributed by atoms with Crippen molar-refractivity contribution in [2.75, 3.05) is 0 Å². The van der Waals surface area contributed by atoms with Crippen LogP contribution in [0.15, 0.2) is 103 Å². The smallest absolute Gasteiger partial charge is 0.00135 e. The zero-order valence-corrected chi connectivity index (χ0v) is 16.1. The minimum Gasteiger partial charge on any atom is -0.0622 e. The van der Waals surface area contributed by atoms with Crippen LogP contribution in [0.3, 0.4) is 0 Å². The Labute approximate surface area is 170 Å². The van der Waals surface area contributed by atoms with E-state index in [0.717, 1.165) is 6.42 Å². The van der Waals surface area contributed by atoms with E-state index in [0.29, 0.717) is 0 Å². The topological polar surface area (TPSA) is 0 Å². The molecule has 0 heterocycles. The number of benzene rings is 5. The van der Waals surface area contributed by atoms with Gasteiger partial charge in [0.15, 0.2) is 0 Å². The van der Waals surface area contributed by atoms with Crippen LogP contribution in [-0.4, -0.2) is 0 Å². The predicted molar refractivity (Wildman–Crippen MR) is 125 cm³/mol. The van der Waals surface area contributed by atoms with E-state index in [9.17, 15) is 0 Å². The van der Waals surface area contributed by atoms with Gasteiger partial charge in [-0.15, -0.1) is 0 Å². The van der Waals surface area contributed by atoms with E-state index in [-0.39, 0.29) is 0 Å². The summed E-state index contributed by atoms with van der Waals surface area (Å²) in [5, 5.41) is 5.20. The van der Waals surface area contributed by atoms with Gasteiger partial charge in [-0.3, -0.25) is 0 Å². The second-order valence-electron chi connectivity index (χ2n) is 7.82. The number of hydrogen-bond donors (Lipinski definition) is 0. The molecule has 1 aliphatic carbocycles. The van der Waals surface area contributed by atoms with Crippen molar-refractivity contribution in [1.82, 2.24) is 0 Å². The molecule has 0 radical (unpaired) electrons. The second kappa shape index (κ2) is 6.46. The molecule has 5 aromatic carbocycles. The molecule has 0 spiro atoms. The second-order valence-corrected chi connectivity index (χ2v) is 7.82. The van der Waals surface area contributed by atoms with E-state index >= 15 is 0 Å². The van der Waals surface area contributed by atoms with Crippen LogP contribution < -0.4 is 0 Å². The van der Waals surface area contributed by atoms with Crippen molar-refractivity contribution >= 4 is 33.2 Å². The summed E-state index contributed by atoms with van der Waals surface area (Å²) >= 11 is 0. The highest BCUT2D eigenvalue weighted by atomic mass is 14.2. The van der Waals surface area contributed by atoms with E-state index in [1.807, 2.05) is 0 Å². The third-order valence-electron chi connectivity index (χ3n) is 6.08. The Balaban J connectivity index is 1.58. The van der Waals surface area contributed by atoms with Crippen molar-refractivity contribution in [1.29, 1.82) is 0 Å². The lowest BCUT2D eigenvalue weighted by molar-refractivity contribution is 1.32. The fraction of sp³-hybridized carbons (Fsp3) is 0.0345. The van der Waals surface area contributed by atoms with Gasteiger partial charge in [0.2, 0.25) is 0 Å². The molecule has 6 rings (SSSR count). The van der Waals surface area contributed by atoms with Gasteiger partial charge in [0.25, 0.3) is 0 Å². The van der Waals surface area contributed by atoms with Crippen molar-refractivity contribution in [3.63, 3.8) is 0 Å². The standard InChI is InChI=1S/C29H20/c1-2-8-20(9-3-1)25-17-24-13-7-15-27(29(24)19-25)26-14-6-12-23-16-21-10-4-5-11-22(21)18-28(23)26/h1-16,18-19H,17H2. The third kappa shape index (κ3) is 2.68. The molecule has 0 bridgehead atoms. The molecule has 0 aromatic heterocycles. The highest BCUT2D eigenvalue weighted by Crippen LogP contribution is 2.40. The van der Waals surface area contributed by atoms with Gasteiger partial charge in [-0.1, -0.05) is 91.0 Å². The first kappa shape index (κ1) is 16.3. The summed E-state index contributed by atoms with van der Waals surface area (Å²) in [6, 6.07) is 37.4. The van der Waals surface area contributed by atoms with Crippen LogP contribution in [0.4, 0.5) is 0 Å². The minimum atomic E-state index is 1.00. The molecule has 5 aromatic rings. The number of allylic oxidation sites excluding steroid dienone is 1. The summed E-state index contributed by atoms with van der Waals surface area (Å²) < 4.78 is 0. The molecule has 0 heteroatoms. The predicted octanol–water partition coefficient (Wildman–Crippen LogP) is 7.76. The molecule has 0 fully saturated rings. The summed E-state index contributed by atoms with van der Waals surface area (Å²) in [5.41, 5.74) is 8.15. The van der Waals surface area contributed by atoms with Crippen LogP contribution in [0.2, 0.25) is 0 Å². The monoisotopic (exact) mass is 368 g/mol. The lowest BCUT2D eigenvalue weighted by Gasteiger charge is -2.12. The molecule has 0 aliphatic heterocycles. The van der Waals surface area contributed by atoms with E-state index in [2.05, 4.69) is 109 Å². The fourth-order valence-corrected chi connectivity index (χ4v) is 4.64. The van der Waals surface area contributed by atoms with E-state index in [1.165, 1.54) is 54.9 Å². The molecule has 136 valence electrons. The maximum absolute atomic E-state index is 2.39. The summed E-state index contributed by atoms with van der Waals surface area (Å²) in [7, 11) is 0. The molecule has 0 amide bonds. The highest BCUT2D eigenvalue weighted by molar-refractivity contribution is 6.07. The first-order chi connectivity index (χ1) is 14.4. The SMILES string of the molecule is C1=C(c2ccccc2)Cc2cccc(-c3cccc4cc5ccccc5cc34)c21. The van der Waals surface area contributed by atoms with Gasteiger partial charge in [-0.05, 0) is 79.6 Å². The maximum Gasteiger partial charge on any atom is -0.00135 e. The average molecular weight is 368 g/mol. The normalized spacial score (nSPS) is 12.9. The summed E-state index contributed by atoms with van der Waals surface area (Å²) in [6.07, 6.45) is 3.39. The number of rotatable bonds is 2. The molecule has 0 unspecified atom stereocenters. The van der Waals surface area contributed by atoms with E-state index in [4.69, 9.17) is 0 Å². The lowest BCUT2D eigenvalue weighted by atomic mass is 9.92. The Morgan fingerprint density at radius 2 is 1.21 bits per heavy atom. The van der Waals surface area contributed by atoms with Crippen LogP contribution >= 0.6 is 0 Å². The molecule has 0 atom stereocenters. The van der Waals surface area contributed by atoms with Gasteiger partial charge >= 0.3 is 0 Å². The maximum atomic E-state index is 2.39. The molecule has 1 aliphatic rings. The van der Waals surface area contributed by atoms with Crippen molar-refractivity contribution in [2.45, 2.75) is 6.42 Å². The first-order valence-corrected chi connectivity index (χ1v) is 10.2. The molecule has 0 N–H and O–H groups in total. The zero-order valence-electron chi connectivity index (χ0n) is 16.1. The summed E-state index contributed by atoms with van der Waals surface area (Å²) in [5.74, 6) is 0. The first-order valence-electron chi connectivity index (χ1n) is 10.2. The molecule has 0 saturated heterocycles. The van der Waals surface area contributed by atoms with Gasteiger partial charge in [0, 0.05) is 0 Å². The van der Waals surface area contributed by atoms with Crippen molar-refractivity contribution in [3.8, 4) is 11.1 Å². The average Bonchev–Trinajstić information content (AvgIpc) is 3.22. The number of fused-ring (bicyclic) bond motifs is 3. The Bertz CT molecular complexity index is 1400. The third-order valence-corrected chi connectivity index (χ3v) is 6.08. The molecular formula is C29H20. The van der Waals surface area contributed by atoms with E-state index < -0.39 is 0 Å². The molecule has 0 nitrogen and oxygen atoms in total. The largest absolute Gasteiger partial charge is 0.0622 e. The van der Waals surface area contributed by atoms with Crippen LogP contribution in [-0.2, 0) is 6.42 Å². The van der Waals surface area contributed by atoms with Crippen LogP contribution in [0, 0.1) is 0 Å². The minimum absolute atomic E-state index is 1.00. The van der Waals surface area contributed by atoms with Crippen LogP contribution in [0.25, 0.3) is 44.3 Å². The molecule has 0 saturated carbocycles. The fourth-order valence-electron chi connectivity index (χ4n) is 4.64. The molecular weight excluding hydrogens is 348 g/mol. The number of hydrogen-bond acceptors (Lipinski definition) is 0. The highest BCUT2D eigenvalue weighted by Gasteiger charge is 2.18. The van der Waals surface area contributed by atoms with E-state index in [1.54, 1.807) is 0 Å². The van der Waals surface area contributed by atoms with Crippen LogP contribution in [0.1, 0.15) is 16.7 Å². The Hall–Kier alpha value is -3.64. The Kier molecular flexibility index (Phi) is 3.64. The Morgan fingerprint density at radius 1 is 0.517 bits per heavy atom. The van der Waals surface area contributed by atoms with Gasteiger partial charge in [0.05, 0.1) is 0 Å². The summed E-state index contributed by atoms with van der Waals surface area (Å²) in [4.78, 5) is 0. The van der Waals surface area contributed by atoms with Gasteiger partial charge in [0.1, 0.15) is 0 Å². The van der Waals surface area contributed by atoms with Crippen molar-refractivity contribution in [3.05, 3.63) is 120 Å². The van der Waals surface area contributed by atoms with Gasteiger partial charge < -0.3 is 0 Å². The lowest BCUT2D eigenvalue weighted by Crippen LogP contribution is -1.89. The summed E-state index contributed by atoms with van der Waals surface area (Å²) in [6.45, 7) is 0. The zero-order chi connectivity index (χ0) is 19.2. The van der Waals surface area contributed by atoms with Crippen LogP contribution in [0.5, 0.6) is 0 Å². The Morgan fingerprint density at radius 3 is 2.07 bits per heavy atom. The van der Waals surface area contributed by atoms with Crippen molar-refractivity contribution in [2.24, 2.45) is 0 Å². The van der Waals surface area contributed by atoms with Gasteiger partial charge in [-0.2, -0.15) is 0 Å². The van der Waals surface area contributed by atoms with Gasteiger partial charge in [-0.25, -0.2) is 0 Å². The molecule has 29 heavy (non-hydrogen) atoms. The quantitative estimate of drug-likeness (QED) is 0.279.